The highest BCUT2D eigenvalue weighted by Gasteiger charge is 2.47. The number of hydrogen-bond donors (Lipinski definition) is 1. The maximum Gasteiger partial charge on any atom is 0.301 e. The maximum absolute atomic E-state index is 13.1. The zero-order valence-electron chi connectivity index (χ0n) is 17.8. The van der Waals surface area contributed by atoms with Crippen molar-refractivity contribution >= 4 is 29.0 Å². The van der Waals surface area contributed by atoms with Gasteiger partial charge in [-0.1, -0.05) is 18.7 Å². The Hall–Kier alpha value is -4.79. The van der Waals surface area contributed by atoms with Gasteiger partial charge in [-0.15, -0.1) is 0 Å². The Kier molecular flexibility index (Phi) is 6.18. The summed E-state index contributed by atoms with van der Waals surface area (Å²) >= 11 is 0. The molecule has 1 fully saturated rings. The van der Waals surface area contributed by atoms with Gasteiger partial charge < -0.3 is 9.84 Å². The lowest BCUT2D eigenvalue weighted by Gasteiger charge is -2.24. The van der Waals surface area contributed by atoms with Crippen molar-refractivity contribution < 1.29 is 24.4 Å². The fourth-order valence-electron chi connectivity index (χ4n) is 3.68. The number of aromatic nitrogens is 1. The zero-order valence-corrected chi connectivity index (χ0v) is 17.8. The minimum absolute atomic E-state index is 0.145. The number of nitrogens with zero attached hydrogens (tertiary/aromatic N) is 3. The number of benzene rings is 2. The van der Waals surface area contributed by atoms with Crippen LogP contribution in [-0.4, -0.2) is 33.3 Å². The summed E-state index contributed by atoms with van der Waals surface area (Å²) in [5.74, 6) is -1.39. The van der Waals surface area contributed by atoms with Gasteiger partial charge in [0, 0.05) is 23.9 Å². The number of ether oxygens (including phenoxy) is 1. The number of nitro groups is 1. The van der Waals surface area contributed by atoms with Gasteiger partial charge >= 0.3 is 5.91 Å². The van der Waals surface area contributed by atoms with E-state index >= 15 is 0 Å². The van der Waals surface area contributed by atoms with E-state index in [1.54, 1.807) is 48.5 Å². The zero-order chi connectivity index (χ0) is 24.2. The molecule has 0 spiro atoms. The SMILES string of the molecule is C=CCOc1ccc(C(O)=C2C(=O)C(=O)N(c3ccccn3)C2c2ccc([N+](=O)[O-])cc2)cc1. The van der Waals surface area contributed by atoms with Crippen molar-refractivity contribution in [3.05, 3.63) is 112 Å². The first-order chi connectivity index (χ1) is 16.4. The molecule has 0 radical (unpaired) electrons. The van der Waals surface area contributed by atoms with Crippen LogP contribution >= 0.6 is 0 Å². The molecule has 3 aromatic rings. The molecule has 0 saturated carbocycles. The van der Waals surface area contributed by atoms with Crippen LogP contribution in [0.4, 0.5) is 11.5 Å². The van der Waals surface area contributed by atoms with Crippen LogP contribution in [-0.2, 0) is 9.59 Å². The normalized spacial score (nSPS) is 16.9. The van der Waals surface area contributed by atoms with E-state index in [1.165, 1.54) is 35.4 Å². The molecule has 1 saturated heterocycles. The smallest absolute Gasteiger partial charge is 0.301 e. The number of aliphatic hydroxyl groups excluding tert-OH is 1. The molecule has 9 heteroatoms. The van der Waals surface area contributed by atoms with Crippen LogP contribution in [0.3, 0.4) is 0 Å². The number of anilines is 1. The molecule has 170 valence electrons. The van der Waals surface area contributed by atoms with E-state index in [0.717, 1.165) is 0 Å². The van der Waals surface area contributed by atoms with Crippen LogP contribution in [0.2, 0.25) is 0 Å². The number of non-ortho nitro benzene ring substituents is 1. The summed E-state index contributed by atoms with van der Waals surface area (Å²) in [6.45, 7) is 3.89. The number of pyridine rings is 1. The number of Topliss-reactive ketones (excluding diaryl/α,β-unsaturated/α-hetero) is 1. The molecular formula is C25H19N3O6. The van der Waals surface area contributed by atoms with Crippen LogP contribution < -0.4 is 9.64 Å². The van der Waals surface area contributed by atoms with E-state index in [9.17, 15) is 24.8 Å². The standard InChI is InChI=1S/C25H19N3O6/c1-2-15-34-19-12-8-17(9-13-19)23(29)21-22(16-6-10-18(11-7-16)28(32)33)27(25(31)24(21)30)20-5-3-4-14-26-20/h2-14,22,29H,1,15H2. The minimum Gasteiger partial charge on any atom is -0.507 e. The number of carbonyl (C=O) groups is 2. The summed E-state index contributed by atoms with van der Waals surface area (Å²) in [5, 5.41) is 22.2. The average Bonchev–Trinajstić information content (AvgIpc) is 3.13. The van der Waals surface area contributed by atoms with E-state index in [4.69, 9.17) is 4.74 Å². The van der Waals surface area contributed by atoms with Crippen molar-refractivity contribution in [3.8, 4) is 5.75 Å². The lowest BCUT2D eigenvalue weighted by Crippen LogP contribution is -2.30. The van der Waals surface area contributed by atoms with E-state index in [1.807, 2.05) is 0 Å². The van der Waals surface area contributed by atoms with Crippen LogP contribution in [0.5, 0.6) is 5.75 Å². The Morgan fingerprint density at radius 3 is 2.41 bits per heavy atom. The molecule has 4 rings (SSSR count). The van der Waals surface area contributed by atoms with Crippen LogP contribution in [0, 0.1) is 10.1 Å². The van der Waals surface area contributed by atoms with Crippen molar-refractivity contribution in [3.63, 3.8) is 0 Å². The van der Waals surface area contributed by atoms with Crippen LogP contribution in [0.15, 0.2) is 91.2 Å². The Bertz CT molecular complexity index is 1280. The average molecular weight is 457 g/mol. The van der Waals surface area contributed by atoms with Crippen molar-refractivity contribution in [1.82, 2.24) is 4.98 Å². The molecule has 34 heavy (non-hydrogen) atoms. The molecule has 1 aliphatic rings. The van der Waals surface area contributed by atoms with Gasteiger partial charge in [0.25, 0.3) is 11.5 Å². The second-order valence-electron chi connectivity index (χ2n) is 7.33. The molecule has 1 aliphatic heterocycles. The predicted molar refractivity (Wildman–Crippen MR) is 124 cm³/mol. The quantitative estimate of drug-likeness (QED) is 0.141. The van der Waals surface area contributed by atoms with Crippen molar-refractivity contribution in [1.29, 1.82) is 0 Å². The lowest BCUT2D eigenvalue weighted by molar-refractivity contribution is -0.384. The third kappa shape index (κ3) is 4.14. The van der Waals surface area contributed by atoms with Gasteiger partial charge in [0.15, 0.2) is 0 Å². The number of hydrogen-bond acceptors (Lipinski definition) is 7. The number of aliphatic hydroxyl groups is 1. The number of ketones is 1. The number of rotatable bonds is 7. The molecule has 0 aliphatic carbocycles. The molecule has 0 bridgehead atoms. The first kappa shape index (κ1) is 22.4. The molecule has 2 aromatic carbocycles. The molecule has 1 aromatic heterocycles. The number of nitro benzene ring substituents is 1. The first-order valence-corrected chi connectivity index (χ1v) is 10.2. The minimum atomic E-state index is -1.03. The molecule has 9 nitrogen and oxygen atoms in total. The van der Waals surface area contributed by atoms with Crippen molar-refractivity contribution in [2.45, 2.75) is 6.04 Å². The molecular weight excluding hydrogens is 438 g/mol. The van der Waals surface area contributed by atoms with Gasteiger partial charge in [-0.2, -0.15) is 0 Å². The van der Waals surface area contributed by atoms with Crippen LogP contribution in [0.1, 0.15) is 17.2 Å². The second-order valence-corrected chi connectivity index (χ2v) is 7.33. The third-order valence-corrected chi connectivity index (χ3v) is 5.26. The highest BCUT2D eigenvalue weighted by molar-refractivity contribution is 6.51. The number of amides is 1. The van der Waals surface area contributed by atoms with Crippen molar-refractivity contribution in [2.24, 2.45) is 0 Å². The van der Waals surface area contributed by atoms with E-state index in [0.29, 0.717) is 23.5 Å². The monoisotopic (exact) mass is 457 g/mol. The summed E-state index contributed by atoms with van der Waals surface area (Å²) in [7, 11) is 0. The Labute approximate surface area is 194 Å². The summed E-state index contributed by atoms with van der Waals surface area (Å²) in [6, 6.07) is 15.7. The molecule has 1 unspecified atom stereocenters. The highest BCUT2D eigenvalue weighted by atomic mass is 16.6. The topological polar surface area (TPSA) is 123 Å². The summed E-state index contributed by atoms with van der Waals surface area (Å²) < 4.78 is 5.44. The Balaban J connectivity index is 1.85. The van der Waals surface area contributed by atoms with Crippen molar-refractivity contribution in [2.75, 3.05) is 11.5 Å². The fraction of sp³-hybridized carbons (Fsp3) is 0.0800. The van der Waals surface area contributed by atoms with E-state index < -0.39 is 22.7 Å². The van der Waals surface area contributed by atoms with E-state index in [-0.39, 0.29) is 22.8 Å². The molecule has 1 atom stereocenters. The van der Waals surface area contributed by atoms with Gasteiger partial charge in [0.05, 0.1) is 16.5 Å². The van der Waals surface area contributed by atoms with E-state index in [2.05, 4.69) is 11.6 Å². The predicted octanol–water partition coefficient (Wildman–Crippen LogP) is 4.18. The molecule has 1 N–H and O–H groups in total. The van der Waals surface area contributed by atoms with Gasteiger partial charge in [-0.25, -0.2) is 4.98 Å². The van der Waals surface area contributed by atoms with Gasteiger partial charge in [0.1, 0.15) is 23.9 Å². The largest absolute Gasteiger partial charge is 0.507 e. The summed E-state index contributed by atoms with van der Waals surface area (Å²) in [4.78, 5) is 42.0. The molecule has 1 amide bonds. The highest BCUT2D eigenvalue weighted by Crippen LogP contribution is 2.41. The molecule has 2 heterocycles. The second kappa shape index (κ2) is 9.37. The summed E-state index contributed by atoms with van der Waals surface area (Å²) in [5.41, 5.74) is 0.415. The first-order valence-electron chi connectivity index (χ1n) is 10.2. The maximum atomic E-state index is 13.1. The third-order valence-electron chi connectivity index (χ3n) is 5.26. The van der Waals surface area contributed by atoms with Gasteiger partial charge in [-0.05, 0) is 54.1 Å². The number of carbonyl (C=O) groups excluding carboxylic acids is 2. The Morgan fingerprint density at radius 2 is 1.82 bits per heavy atom. The van der Waals surface area contributed by atoms with Gasteiger partial charge in [-0.3, -0.25) is 24.6 Å². The Morgan fingerprint density at radius 1 is 1.12 bits per heavy atom. The summed E-state index contributed by atoms with van der Waals surface area (Å²) in [6.07, 6.45) is 3.07. The van der Waals surface area contributed by atoms with Gasteiger partial charge in [0.2, 0.25) is 0 Å². The fourth-order valence-corrected chi connectivity index (χ4v) is 3.68. The van der Waals surface area contributed by atoms with Crippen LogP contribution in [0.25, 0.3) is 5.76 Å². The lowest BCUT2D eigenvalue weighted by atomic mass is 9.95.